The number of anilines is 1. The number of hydrogen-bond donors (Lipinski definition) is 1. The lowest BCUT2D eigenvalue weighted by atomic mass is 10.2. The highest BCUT2D eigenvalue weighted by molar-refractivity contribution is 7.20. The first kappa shape index (κ1) is 18.9. The number of carbonyl (C=O) groups excluding carboxylic acids is 1. The van der Waals surface area contributed by atoms with E-state index >= 15 is 0 Å². The van der Waals surface area contributed by atoms with Crippen molar-refractivity contribution in [2.75, 3.05) is 32.5 Å². The highest BCUT2D eigenvalue weighted by atomic mass is 32.1. The van der Waals surface area contributed by atoms with Gasteiger partial charge in [-0.2, -0.15) is 0 Å². The number of hydrogen-bond acceptors (Lipinski definition) is 7. The molecule has 0 aliphatic carbocycles. The molecule has 1 N–H and O–H groups in total. The molecule has 0 radical (unpaired) electrons. The number of nitrogens with zero attached hydrogens (tertiary/aromatic N) is 4. The summed E-state index contributed by atoms with van der Waals surface area (Å²) in [5.74, 6) is 2.56. The molecule has 1 amide bonds. The third-order valence-corrected chi connectivity index (χ3v) is 6.52. The highest BCUT2D eigenvalue weighted by Crippen LogP contribution is 2.34. The van der Waals surface area contributed by atoms with E-state index in [-0.39, 0.29) is 5.91 Å². The predicted octanol–water partition coefficient (Wildman–Crippen LogP) is 3.29. The van der Waals surface area contributed by atoms with Crippen LogP contribution in [0.15, 0.2) is 22.9 Å². The number of carbonyl (C=O) groups is 1. The number of thiophene rings is 1. The number of nitrogens with one attached hydrogen (secondary N) is 1. The minimum Gasteiger partial charge on any atom is -0.465 e. The van der Waals surface area contributed by atoms with Crippen LogP contribution in [0.2, 0.25) is 0 Å². The molecule has 1 fully saturated rings. The van der Waals surface area contributed by atoms with Gasteiger partial charge in [0.2, 0.25) is 0 Å². The molecule has 7 nitrogen and oxygen atoms in total. The van der Waals surface area contributed by atoms with E-state index in [0.717, 1.165) is 57.5 Å². The molecule has 3 aromatic heterocycles. The van der Waals surface area contributed by atoms with Crippen LogP contribution in [0, 0.1) is 13.8 Å². The number of likely N-dealkylation sites (N-methyl/N-ethyl adjacent to an activating group) is 1. The zero-order valence-corrected chi connectivity index (χ0v) is 17.5. The molecular formula is C20H25N5O2S. The summed E-state index contributed by atoms with van der Waals surface area (Å²) in [5, 5.41) is 4.25. The molecule has 28 heavy (non-hydrogen) atoms. The van der Waals surface area contributed by atoms with Crippen LogP contribution in [0.3, 0.4) is 0 Å². The van der Waals surface area contributed by atoms with Gasteiger partial charge in [0.15, 0.2) is 0 Å². The minimum atomic E-state index is 0.0949. The quantitative estimate of drug-likeness (QED) is 0.710. The molecule has 0 aromatic carbocycles. The van der Waals surface area contributed by atoms with Gasteiger partial charge in [0.05, 0.1) is 16.8 Å². The Bertz CT molecular complexity index is 1010. The molecule has 4 rings (SSSR count). The molecule has 0 saturated carbocycles. The predicted molar refractivity (Wildman–Crippen MR) is 111 cm³/mol. The topological polar surface area (TPSA) is 74.5 Å². The standard InChI is InChI=1S/C20H25N5O2S/c1-12-5-6-15(27-12)9-21-18-16-13(2)17(28-19(16)23-11-22-18)20(26)25-8-7-14(10-25)24(3)4/h5-6,11,14H,7-10H2,1-4H3,(H,21,22,23). The molecule has 3 aromatic rings. The Morgan fingerprint density at radius 1 is 1.36 bits per heavy atom. The second-order valence-electron chi connectivity index (χ2n) is 7.48. The van der Waals surface area contributed by atoms with Crippen LogP contribution in [-0.4, -0.2) is 58.9 Å². The Kier molecular flexibility index (Phi) is 5.07. The van der Waals surface area contributed by atoms with Crippen LogP contribution in [0.5, 0.6) is 0 Å². The molecule has 8 heteroatoms. The molecule has 4 heterocycles. The second kappa shape index (κ2) is 7.52. The first-order chi connectivity index (χ1) is 13.4. The number of aryl methyl sites for hydroxylation is 2. The lowest BCUT2D eigenvalue weighted by Crippen LogP contribution is -2.34. The van der Waals surface area contributed by atoms with E-state index in [1.54, 1.807) is 6.33 Å². The van der Waals surface area contributed by atoms with E-state index in [9.17, 15) is 4.79 Å². The zero-order valence-electron chi connectivity index (χ0n) is 16.7. The van der Waals surface area contributed by atoms with E-state index in [2.05, 4.69) is 34.3 Å². The van der Waals surface area contributed by atoms with E-state index in [0.29, 0.717) is 12.6 Å². The van der Waals surface area contributed by atoms with Gasteiger partial charge < -0.3 is 19.5 Å². The third-order valence-electron chi connectivity index (χ3n) is 5.33. The maximum atomic E-state index is 13.1. The third kappa shape index (κ3) is 3.49. The Hall–Kier alpha value is -2.45. The van der Waals surface area contributed by atoms with Crippen molar-refractivity contribution in [3.05, 3.63) is 40.4 Å². The fraction of sp³-hybridized carbons (Fsp3) is 0.450. The molecule has 1 atom stereocenters. The van der Waals surface area contributed by atoms with E-state index < -0.39 is 0 Å². The van der Waals surface area contributed by atoms with Crippen LogP contribution < -0.4 is 5.32 Å². The van der Waals surface area contributed by atoms with Crippen molar-refractivity contribution in [1.29, 1.82) is 0 Å². The Morgan fingerprint density at radius 3 is 2.86 bits per heavy atom. The number of amides is 1. The van der Waals surface area contributed by atoms with Gasteiger partial charge in [-0.05, 0) is 52.1 Å². The molecule has 1 unspecified atom stereocenters. The van der Waals surface area contributed by atoms with Gasteiger partial charge in [-0.3, -0.25) is 4.79 Å². The summed E-state index contributed by atoms with van der Waals surface area (Å²) >= 11 is 1.45. The lowest BCUT2D eigenvalue weighted by Gasteiger charge is -2.20. The number of likely N-dealkylation sites (tertiary alicyclic amines) is 1. The summed E-state index contributed by atoms with van der Waals surface area (Å²) in [6.45, 7) is 6.01. The van der Waals surface area contributed by atoms with Gasteiger partial charge >= 0.3 is 0 Å². The Labute approximate surface area is 168 Å². The average molecular weight is 400 g/mol. The molecule has 0 bridgehead atoms. The summed E-state index contributed by atoms with van der Waals surface area (Å²) in [7, 11) is 4.13. The maximum Gasteiger partial charge on any atom is 0.264 e. The summed E-state index contributed by atoms with van der Waals surface area (Å²) in [6.07, 6.45) is 2.55. The van der Waals surface area contributed by atoms with Crippen molar-refractivity contribution in [2.24, 2.45) is 0 Å². The SMILES string of the molecule is Cc1ccc(CNc2ncnc3sc(C(=O)N4CCC(N(C)C)C4)c(C)c23)o1. The smallest absolute Gasteiger partial charge is 0.264 e. The summed E-state index contributed by atoms with van der Waals surface area (Å²) < 4.78 is 5.62. The molecule has 0 spiro atoms. The number of aromatic nitrogens is 2. The van der Waals surface area contributed by atoms with Crippen molar-refractivity contribution in [3.8, 4) is 0 Å². The Balaban J connectivity index is 1.59. The maximum absolute atomic E-state index is 13.1. The number of furan rings is 1. The zero-order chi connectivity index (χ0) is 19.8. The van der Waals surface area contributed by atoms with Crippen molar-refractivity contribution in [2.45, 2.75) is 32.9 Å². The Morgan fingerprint density at radius 2 is 2.18 bits per heavy atom. The lowest BCUT2D eigenvalue weighted by molar-refractivity contribution is 0.0787. The normalized spacial score (nSPS) is 17.0. The van der Waals surface area contributed by atoms with Gasteiger partial charge in [-0.15, -0.1) is 11.3 Å². The van der Waals surface area contributed by atoms with Crippen molar-refractivity contribution < 1.29 is 9.21 Å². The second-order valence-corrected chi connectivity index (χ2v) is 8.48. The summed E-state index contributed by atoms with van der Waals surface area (Å²) in [6, 6.07) is 4.31. The molecular weight excluding hydrogens is 374 g/mol. The van der Waals surface area contributed by atoms with Gasteiger partial charge in [0.1, 0.15) is 28.5 Å². The molecule has 1 aliphatic rings. The van der Waals surface area contributed by atoms with Gasteiger partial charge in [-0.1, -0.05) is 0 Å². The van der Waals surface area contributed by atoms with Crippen LogP contribution in [0.25, 0.3) is 10.2 Å². The van der Waals surface area contributed by atoms with Crippen LogP contribution in [0.1, 0.15) is 33.2 Å². The summed E-state index contributed by atoms with van der Waals surface area (Å²) in [4.78, 5) is 27.7. The highest BCUT2D eigenvalue weighted by Gasteiger charge is 2.30. The largest absolute Gasteiger partial charge is 0.465 e. The van der Waals surface area contributed by atoms with E-state index in [4.69, 9.17) is 4.42 Å². The molecule has 1 saturated heterocycles. The van der Waals surface area contributed by atoms with E-state index in [1.807, 2.05) is 30.9 Å². The fourth-order valence-corrected chi connectivity index (χ4v) is 4.77. The van der Waals surface area contributed by atoms with Gasteiger partial charge in [0, 0.05) is 19.1 Å². The van der Waals surface area contributed by atoms with Crippen LogP contribution >= 0.6 is 11.3 Å². The van der Waals surface area contributed by atoms with Crippen LogP contribution in [0.4, 0.5) is 5.82 Å². The summed E-state index contributed by atoms with van der Waals surface area (Å²) in [5.41, 5.74) is 0.942. The van der Waals surface area contributed by atoms with Crippen molar-refractivity contribution >= 4 is 33.3 Å². The van der Waals surface area contributed by atoms with Crippen LogP contribution in [-0.2, 0) is 6.54 Å². The fourth-order valence-electron chi connectivity index (χ4n) is 3.65. The monoisotopic (exact) mass is 399 g/mol. The van der Waals surface area contributed by atoms with Gasteiger partial charge in [-0.25, -0.2) is 9.97 Å². The minimum absolute atomic E-state index is 0.0949. The van der Waals surface area contributed by atoms with E-state index in [1.165, 1.54) is 11.3 Å². The first-order valence-corrected chi connectivity index (χ1v) is 10.2. The molecule has 1 aliphatic heterocycles. The first-order valence-electron chi connectivity index (χ1n) is 9.43. The molecule has 148 valence electrons. The van der Waals surface area contributed by atoms with Crippen molar-refractivity contribution in [1.82, 2.24) is 19.8 Å². The number of rotatable bonds is 5. The number of fused-ring (bicyclic) bond motifs is 1. The average Bonchev–Trinajstić information content (AvgIpc) is 3.39. The van der Waals surface area contributed by atoms with Gasteiger partial charge in [0.25, 0.3) is 5.91 Å². The van der Waals surface area contributed by atoms with Crippen molar-refractivity contribution in [3.63, 3.8) is 0 Å².